The van der Waals surface area contributed by atoms with Crippen molar-refractivity contribution in [2.24, 2.45) is 11.3 Å². The lowest BCUT2D eigenvalue weighted by molar-refractivity contribution is -0.123. The molecule has 0 saturated carbocycles. The van der Waals surface area contributed by atoms with Gasteiger partial charge in [0, 0.05) is 23.2 Å². The lowest BCUT2D eigenvalue weighted by Gasteiger charge is -2.18. The number of anilines is 1. The second-order valence-electron chi connectivity index (χ2n) is 7.14. The molecule has 0 aliphatic carbocycles. The van der Waals surface area contributed by atoms with Crippen molar-refractivity contribution in [3.8, 4) is 0 Å². The quantitative estimate of drug-likeness (QED) is 0.754. The highest BCUT2D eigenvalue weighted by Gasteiger charge is 2.21. The molecule has 23 heavy (non-hydrogen) atoms. The zero-order chi connectivity index (χ0) is 17.6. The first-order valence-electron chi connectivity index (χ1n) is 7.99. The first-order valence-corrected chi connectivity index (χ1v) is 7.99. The van der Waals surface area contributed by atoms with Gasteiger partial charge in [-0.05, 0) is 30.5 Å². The van der Waals surface area contributed by atoms with Crippen molar-refractivity contribution < 1.29 is 14.7 Å². The largest absolute Gasteiger partial charge is 0.393 e. The SMILES string of the molecule is CC(C)C(O)CCNC(=O)c1cccc(NC(=O)C(C)(C)C)c1. The van der Waals surface area contributed by atoms with E-state index in [1.807, 2.05) is 34.6 Å². The van der Waals surface area contributed by atoms with Crippen LogP contribution in [0.4, 0.5) is 5.69 Å². The highest BCUT2D eigenvalue weighted by Crippen LogP contribution is 2.18. The summed E-state index contributed by atoms with van der Waals surface area (Å²) >= 11 is 0. The Kier molecular flexibility index (Phi) is 6.76. The Morgan fingerprint density at radius 2 is 1.87 bits per heavy atom. The molecule has 0 bridgehead atoms. The highest BCUT2D eigenvalue weighted by atomic mass is 16.3. The van der Waals surface area contributed by atoms with Gasteiger partial charge in [0.05, 0.1) is 6.10 Å². The van der Waals surface area contributed by atoms with E-state index < -0.39 is 11.5 Å². The third kappa shape index (κ3) is 6.40. The summed E-state index contributed by atoms with van der Waals surface area (Å²) < 4.78 is 0. The molecule has 0 aliphatic rings. The average Bonchev–Trinajstić information content (AvgIpc) is 2.46. The lowest BCUT2D eigenvalue weighted by atomic mass is 9.95. The Morgan fingerprint density at radius 3 is 2.43 bits per heavy atom. The summed E-state index contributed by atoms with van der Waals surface area (Å²) in [5, 5.41) is 15.3. The van der Waals surface area contributed by atoms with Gasteiger partial charge in [-0.15, -0.1) is 0 Å². The molecule has 0 saturated heterocycles. The van der Waals surface area contributed by atoms with Crippen molar-refractivity contribution in [3.63, 3.8) is 0 Å². The second-order valence-corrected chi connectivity index (χ2v) is 7.14. The average molecular weight is 320 g/mol. The van der Waals surface area contributed by atoms with Crippen molar-refractivity contribution in [3.05, 3.63) is 29.8 Å². The van der Waals surface area contributed by atoms with E-state index in [9.17, 15) is 14.7 Å². The number of carbonyl (C=O) groups is 2. The van der Waals surface area contributed by atoms with Crippen molar-refractivity contribution >= 4 is 17.5 Å². The van der Waals surface area contributed by atoms with Crippen LogP contribution in [0.15, 0.2) is 24.3 Å². The minimum absolute atomic E-state index is 0.102. The number of rotatable bonds is 6. The zero-order valence-corrected chi connectivity index (χ0v) is 14.6. The van der Waals surface area contributed by atoms with Crippen LogP contribution in [-0.4, -0.2) is 29.6 Å². The van der Waals surface area contributed by atoms with Gasteiger partial charge in [-0.3, -0.25) is 9.59 Å². The Bertz CT molecular complexity index is 547. The van der Waals surface area contributed by atoms with Gasteiger partial charge < -0.3 is 15.7 Å². The summed E-state index contributed by atoms with van der Waals surface area (Å²) in [7, 11) is 0. The monoisotopic (exact) mass is 320 g/mol. The van der Waals surface area contributed by atoms with Crippen molar-refractivity contribution in [1.82, 2.24) is 5.32 Å². The maximum absolute atomic E-state index is 12.1. The van der Waals surface area contributed by atoms with Crippen LogP contribution in [0, 0.1) is 11.3 Å². The third-order valence-corrected chi connectivity index (χ3v) is 3.56. The smallest absolute Gasteiger partial charge is 0.251 e. The number of nitrogens with one attached hydrogen (secondary N) is 2. The van der Waals surface area contributed by atoms with Crippen LogP contribution in [0.3, 0.4) is 0 Å². The summed E-state index contributed by atoms with van der Waals surface area (Å²) in [5.41, 5.74) is 0.584. The van der Waals surface area contributed by atoms with Crippen LogP contribution in [0.1, 0.15) is 51.4 Å². The Hall–Kier alpha value is -1.88. The third-order valence-electron chi connectivity index (χ3n) is 3.56. The van der Waals surface area contributed by atoms with Gasteiger partial charge in [0.2, 0.25) is 5.91 Å². The summed E-state index contributed by atoms with van der Waals surface area (Å²) in [5.74, 6) is -0.147. The molecule has 128 valence electrons. The van der Waals surface area contributed by atoms with Gasteiger partial charge >= 0.3 is 0 Å². The number of amides is 2. The fraction of sp³-hybridized carbons (Fsp3) is 0.556. The molecule has 0 fully saturated rings. The number of hydrogen-bond acceptors (Lipinski definition) is 3. The Balaban J connectivity index is 2.62. The van der Waals surface area contributed by atoms with Crippen LogP contribution in [0.25, 0.3) is 0 Å². The first kappa shape index (κ1) is 19.2. The van der Waals surface area contributed by atoms with Gasteiger partial charge in [0.1, 0.15) is 0 Å². The Labute approximate surface area is 138 Å². The van der Waals surface area contributed by atoms with Crippen LogP contribution in [-0.2, 0) is 4.79 Å². The zero-order valence-electron chi connectivity index (χ0n) is 14.6. The van der Waals surface area contributed by atoms with E-state index in [1.54, 1.807) is 24.3 Å². The predicted molar refractivity (Wildman–Crippen MR) is 92.3 cm³/mol. The van der Waals surface area contributed by atoms with Crippen molar-refractivity contribution in [2.45, 2.75) is 47.1 Å². The van der Waals surface area contributed by atoms with Crippen LogP contribution in [0.5, 0.6) is 0 Å². The number of aliphatic hydroxyl groups excluding tert-OH is 1. The standard InChI is InChI=1S/C18H28N2O3/c1-12(2)15(21)9-10-19-16(22)13-7-6-8-14(11-13)20-17(23)18(3,4)5/h6-8,11-12,15,21H,9-10H2,1-5H3,(H,19,22)(H,20,23). The first-order chi connectivity index (χ1) is 10.6. The molecular formula is C18H28N2O3. The molecule has 5 heteroatoms. The fourth-order valence-corrected chi connectivity index (χ4v) is 1.83. The van der Waals surface area contributed by atoms with Gasteiger partial charge in [0.25, 0.3) is 5.91 Å². The molecule has 1 atom stereocenters. The number of benzene rings is 1. The van der Waals surface area contributed by atoms with E-state index in [-0.39, 0.29) is 17.7 Å². The predicted octanol–water partition coefficient (Wildman–Crippen LogP) is 2.81. The maximum Gasteiger partial charge on any atom is 0.251 e. The van der Waals surface area contributed by atoms with Crippen molar-refractivity contribution in [2.75, 3.05) is 11.9 Å². The molecule has 5 nitrogen and oxygen atoms in total. The molecule has 0 aliphatic heterocycles. The lowest BCUT2D eigenvalue weighted by Crippen LogP contribution is -2.29. The Morgan fingerprint density at radius 1 is 1.22 bits per heavy atom. The van der Waals surface area contributed by atoms with E-state index in [0.717, 1.165) is 0 Å². The molecule has 0 heterocycles. The minimum Gasteiger partial charge on any atom is -0.393 e. The topological polar surface area (TPSA) is 78.4 Å². The molecule has 3 N–H and O–H groups in total. The molecule has 1 rings (SSSR count). The van der Waals surface area contributed by atoms with Gasteiger partial charge in [-0.1, -0.05) is 40.7 Å². The maximum atomic E-state index is 12.1. The molecule has 0 aromatic heterocycles. The molecule has 0 radical (unpaired) electrons. The van der Waals surface area contributed by atoms with Crippen LogP contribution in [0.2, 0.25) is 0 Å². The normalized spacial score (nSPS) is 12.8. The van der Waals surface area contributed by atoms with Crippen LogP contribution < -0.4 is 10.6 Å². The molecule has 0 spiro atoms. The molecule has 1 aromatic rings. The fourth-order valence-electron chi connectivity index (χ4n) is 1.83. The second kappa shape index (κ2) is 8.11. The number of hydrogen-bond donors (Lipinski definition) is 3. The van der Waals surface area contributed by atoms with Crippen molar-refractivity contribution in [1.29, 1.82) is 0 Å². The van der Waals surface area contributed by atoms with Gasteiger partial charge in [-0.2, -0.15) is 0 Å². The minimum atomic E-state index is -0.495. The van der Waals surface area contributed by atoms with E-state index in [0.29, 0.717) is 24.2 Å². The summed E-state index contributed by atoms with van der Waals surface area (Å²) in [6.45, 7) is 9.79. The van der Waals surface area contributed by atoms with E-state index in [4.69, 9.17) is 0 Å². The van der Waals surface area contributed by atoms with Gasteiger partial charge in [0.15, 0.2) is 0 Å². The molecule has 1 aromatic carbocycles. The van der Waals surface area contributed by atoms with E-state index in [1.165, 1.54) is 0 Å². The summed E-state index contributed by atoms with van der Waals surface area (Å²) in [6.07, 6.45) is 0.0943. The number of carbonyl (C=O) groups excluding carboxylic acids is 2. The number of aliphatic hydroxyl groups is 1. The van der Waals surface area contributed by atoms with Crippen LogP contribution >= 0.6 is 0 Å². The summed E-state index contributed by atoms with van der Waals surface area (Å²) in [6, 6.07) is 6.83. The van der Waals surface area contributed by atoms with Gasteiger partial charge in [-0.25, -0.2) is 0 Å². The highest BCUT2D eigenvalue weighted by molar-refractivity contribution is 5.98. The summed E-state index contributed by atoms with van der Waals surface area (Å²) in [4.78, 5) is 24.1. The molecule has 1 unspecified atom stereocenters. The molecular weight excluding hydrogens is 292 g/mol. The van der Waals surface area contributed by atoms with E-state index >= 15 is 0 Å². The van der Waals surface area contributed by atoms with E-state index in [2.05, 4.69) is 10.6 Å². The molecule has 2 amide bonds.